The highest BCUT2D eigenvalue weighted by atomic mass is 19.4. The fraction of sp³-hybridized carbons (Fsp3) is 0.611. The van der Waals surface area contributed by atoms with Crippen molar-refractivity contribution in [1.82, 2.24) is 10.3 Å². The van der Waals surface area contributed by atoms with Crippen LogP contribution in [0.2, 0.25) is 0 Å². The molecule has 0 bridgehead atoms. The van der Waals surface area contributed by atoms with Gasteiger partial charge in [-0.2, -0.15) is 13.2 Å². The van der Waals surface area contributed by atoms with Crippen molar-refractivity contribution < 1.29 is 22.7 Å². The van der Waals surface area contributed by atoms with E-state index in [0.717, 1.165) is 6.07 Å². The zero-order chi connectivity index (χ0) is 18.6. The van der Waals surface area contributed by atoms with E-state index in [-0.39, 0.29) is 41.1 Å². The normalized spacial score (nSPS) is 23.2. The van der Waals surface area contributed by atoms with Gasteiger partial charge in [0, 0.05) is 23.9 Å². The molecule has 2 aromatic rings. The van der Waals surface area contributed by atoms with Crippen LogP contribution in [0, 0.1) is 5.41 Å². The highest BCUT2D eigenvalue weighted by Gasteiger charge is 2.46. The highest BCUT2D eigenvalue weighted by molar-refractivity contribution is 5.78. The maximum atomic E-state index is 13.4. The van der Waals surface area contributed by atoms with Crippen molar-refractivity contribution in [3.8, 4) is 0 Å². The van der Waals surface area contributed by atoms with Gasteiger partial charge in [0.15, 0.2) is 11.5 Å². The van der Waals surface area contributed by atoms with Crippen molar-refractivity contribution in [2.45, 2.75) is 64.9 Å². The van der Waals surface area contributed by atoms with Crippen LogP contribution in [0.25, 0.3) is 11.1 Å². The third-order valence-electron chi connectivity index (χ3n) is 5.13. The Morgan fingerprint density at radius 1 is 1.36 bits per heavy atom. The number of fused-ring (bicyclic) bond motifs is 1. The van der Waals surface area contributed by atoms with Crippen LogP contribution >= 0.6 is 0 Å². The predicted octanol–water partition coefficient (Wildman–Crippen LogP) is 4.22. The number of aliphatic hydroxyl groups excluding tert-OH is 1. The zero-order valence-corrected chi connectivity index (χ0v) is 14.7. The first kappa shape index (κ1) is 18.2. The van der Waals surface area contributed by atoms with Crippen LogP contribution in [0.1, 0.15) is 57.1 Å². The van der Waals surface area contributed by atoms with Gasteiger partial charge >= 0.3 is 6.18 Å². The van der Waals surface area contributed by atoms with Gasteiger partial charge in [0.2, 0.25) is 0 Å². The SMILES string of the molecule is CC(C)c1nc2cc(CN[C@@H]3C[C@H](O)C3(C)C)cc(C(F)(F)F)c2o1. The number of aliphatic hydroxyl groups is 1. The van der Waals surface area contributed by atoms with E-state index >= 15 is 0 Å². The maximum Gasteiger partial charge on any atom is 0.420 e. The molecule has 1 saturated carbocycles. The van der Waals surface area contributed by atoms with Gasteiger partial charge in [0.25, 0.3) is 0 Å². The molecule has 1 aliphatic rings. The fourth-order valence-electron chi connectivity index (χ4n) is 3.16. The van der Waals surface area contributed by atoms with Crippen molar-refractivity contribution in [2.75, 3.05) is 0 Å². The predicted molar refractivity (Wildman–Crippen MR) is 88.1 cm³/mol. The summed E-state index contributed by atoms with van der Waals surface area (Å²) in [5.74, 6) is 0.209. The first-order chi connectivity index (χ1) is 11.5. The molecular formula is C18H23F3N2O2. The third-order valence-corrected chi connectivity index (χ3v) is 5.13. The third kappa shape index (κ3) is 3.27. The molecule has 3 rings (SSSR count). The highest BCUT2D eigenvalue weighted by Crippen LogP contribution is 2.41. The second-order valence-electron chi connectivity index (χ2n) is 7.70. The van der Waals surface area contributed by atoms with Gasteiger partial charge in [-0.15, -0.1) is 0 Å². The Hall–Kier alpha value is -1.60. The van der Waals surface area contributed by atoms with E-state index in [4.69, 9.17) is 4.42 Å². The number of oxazole rings is 1. The summed E-state index contributed by atoms with van der Waals surface area (Å²) in [6.07, 6.45) is -4.29. The minimum Gasteiger partial charge on any atom is -0.440 e. The largest absolute Gasteiger partial charge is 0.440 e. The molecule has 2 N–H and O–H groups in total. The van der Waals surface area contributed by atoms with Crippen molar-refractivity contribution in [3.63, 3.8) is 0 Å². The Kier molecular flexibility index (Phi) is 4.36. The molecule has 7 heteroatoms. The number of hydrogen-bond donors (Lipinski definition) is 2. The smallest absolute Gasteiger partial charge is 0.420 e. The molecule has 0 spiro atoms. The van der Waals surface area contributed by atoms with E-state index in [1.54, 1.807) is 6.07 Å². The summed E-state index contributed by atoms with van der Waals surface area (Å²) >= 11 is 0. The summed E-state index contributed by atoms with van der Waals surface area (Å²) in [6, 6.07) is 2.82. The van der Waals surface area contributed by atoms with Gasteiger partial charge in [-0.05, 0) is 24.1 Å². The Morgan fingerprint density at radius 2 is 2.04 bits per heavy atom. The first-order valence-corrected chi connectivity index (χ1v) is 8.42. The van der Waals surface area contributed by atoms with Crippen LogP contribution in [-0.4, -0.2) is 22.2 Å². The van der Waals surface area contributed by atoms with Crippen molar-refractivity contribution in [3.05, 3.63) is 29.2 Å². The first-order valence-electron chi connectivity index (χ1n) is 8.42. The number of alkyl halides is 3. The Morgan fingerprint density at radius 3 is 2.56 bits per heavy atom. The van der Waals surface area contributed by atoms with E-state index < -0.39 is 11.7 Å². The van der Waals surface area contributed by atoms with E-state index in [1.165, 1.54) is 0 Å². The molecule has 0 saturated heterocycles. The molecule has 138 valence electrons. The lowest BCUT2D eigenvalue weighted by Gasteiger charge is -2.49. The molecule has 0 radical (unpaired) electrons. The summed E-state index contributed by atoms with van der Waals surface area (Å²) in [4.78, 5) is 4.21. The molecule has 0 amide bonds. The van der Waals surface area contributed by atoms with Crippen molar-refractivity contribution in [1.29, 1.82) is 0 Å². The minimum atomic E-state index is -4.51. The molecule has 25 heavy (non-hydrogen) atoms. The van der Waals surface area contributed by atoms with Gasteiger partial charge in [-0.3, -0.25) is 0 Å². The number of benzene rings is 1. The molecule has 0 aliphatic heterocycles. The minimum absolute atomic E-state index is 0.0658. The topological polar surface area (TPSA) is 58.3 Å². The molecule has 1 aromatic carbocycles. The Bertz CT molecular complexity index is 780. The number of rotatable bonds is 4. The number of hydrogen-bond acceptors (Lipinski definition) is 4. The second kappa shape index (κ2) is 5.99. The summed E-state index contributed by atoms with van der Waals surface area (Å²) in [6.45, 7) is 7.81. The average molecular weight is 356 g/mol. The standard InChI is InChI=1S/C18H23F3N2O2/c1-9(2)16-23-12-6-10(5-11(15(12)25-16)18(19,20)21)8-22-13-7-14(24)17(13,3)4/h5-6,9,13-14,22,24H,7-8H2,1-4H3/t13-,14+/m1/s1. The Labute approximate surface area is 144 Å². The lowest BCUT2D eigenvalue weighted by Crippen LogP contribution is -2.59. The Balaban J connectivity index is 1.91. The average Bonchev–Trinajstić information content (AvgIpc) is 2.93. The number of nitrogens with zero attached hydrogens (tertiary/aromatic N) is 1. The summed E-state index contributed by atoms with van der Waals surface area (Å²) < 4.78 is 45.6. The van der Waals surface area contributed by atoms with Crippen LogP contribution in [0.15, 0.2) is 16.5 Å². The van der Waals surface area contributed by atoms with E-state index in [9.17, 15) is 18.3 Å². The molecule has 1 aromatic heterocycles. The monoisotopic (exact) mass is 356 g/mol. The lowest BCUT2D eigenvalue weighted by atomic mass is 9.64. The lowest BCUT2D eigenvalue weighted by molar-refractivity contribution is -0.136. The summed E-state index contributed by atoms with van der Waals surface area (Å²) in [7, 11) is 0. The zero-order valence-electron chi connectivity index (χ0n) is 14.7. The molecule has 4 nitrogen and oxygen atoms in total. The van der Waals surface area contributed by atoms with Crippen molar-refractivity contribution in [2.24, 2.45) is 5.41 Å². The maximum absolute atomic E-state index is 13.4. The summed E-state index contributed by atoms with van der Waals surface area (Å²) in [5.41, 5.74) is -0.562. The van der Waals surface area contributed by atoms with Gasteiger partial charge in [0.1, 0.15) is 11.1 Å². The quantitative estimate of drug-likeness (QED) is 0.861. The number of halogens is 3. The van der Waals surface area contributed by atoms with Crippen LogP contribution in [0.3, 0.4) is 0 Å². The molecule has 0 unspecified atom stereocenters. The fourth-order valence-corrected chi connectivity index (χ4v) is 3.16. The van der Waals surface area contributed by atoms with Gasteiger partial charge in [-0.25, -0.2) is 4.98 Å². The van der Waals surface area contributed by atoms with Gasteiger partial charge in [0.05, 0.1) is 6.10 Å². The molecule has 2 atom stereocenters. The van der Waals surface area contributed by atoms with Gasteiger partial charge < -0.3 is 14.8 Å². The van der Waals surface area contributed by atoms with Crippen LogP contribution in [0.5, 0.6) is 0 Å². The van der Waals surface area contributed by atoms with E-state index in [0.29, 0.717) is 17.9 Å². The second-order valence-corrected chi connectivity index (χ2v) is 7.70. The summed E-state index contributed by atoms with van der Waals surface area (Å²) in [5, 5.41) is 13.0. The van der Waals surface area contributed by atoms with Crippen LogP contribution in [0.4, 0.5) is 13.2 Å². The number of nitrogens with one attached hydrogen (secondary N) is 1. The molecule has 1 fully saturated rings. The van der Waals surface area contributed by atoms with Gasteiger partial charge in [-0.1, -0.05) is 27.7 Å². The molecule has 1 aliphatic carbocycles. The number of aromatic nitrogens is 1. The molecular weight excluding hydrogens is 333 g/mol. The van der Waals surface area contributed by atoms with E-state index in [2.05, 4.69) is 10.3 Å². The van der Waals surface area contributed by atoms with Crippen LogP contribution < -0.4 is 5.32 Å². The van der Waals surface area contributed by atoms with Crippen molar-refractivity contribution >= 4 is 11.1 Å². The van der Waals surface area contributed by atoms with Crippen LogP contribution in [-0.2, 0) is 12.7 Å². The van der Waals surface area contributed by atoms with E-state index in [1.807, 2.05) is 27.7 Å². The molecule has 1 heterocycles.